The third kappa shape index (κ3) is 4.58. The second kappa shape index (κ2) is 8.23. The number of thiazole rings is 1. The Labute approximate surface area is 178 Å². The minimum Gasteiger partial charge on any atom is -0.484 e. The number of hydrogen-bond donors (Lipinski definition) is 1. The second-order valence-corrected chi connectivity index (χ2v) is 8.28. The number of amides is 1. The van der Waals surface area contributed by atoms with Gasteiger partial charge in [-0.1, -0.05) is 29.8 Å². The van der Waals surface area contributed by atoms with Gasteiger partial charge in [0.15, 0.2) is 6.61 Å². The average Bonchev–Trinajstić information content (AvgIpc) is 3.09. The van der Waals surface area contributed by atoms with Crippen LogP contribution in [0.5, 0.6) is 5.75 Å². The number of ether oxygens (including phenoxy) is 1. The number of para-hydroxylation sites is 1. The fourth-order valence-corrected chi connectivity index (χ4v) is 4.45. The van der Waals surface area contributed by atoms with Gasteiger partial charge in [0.05, 0.1) is 15.2 Å². The molecule has 6 heteroatoms. The molecule has 0 unspecified atom stereocenters. The number of aromatic nitrogens is 1. The molecule has 0 aliphatic heterocycles. The monoisotopic (exact) mass is 422 g/mol. The van der Waals surface area contributed by atoms with E-state index in [1.807, 2.05) is 62.4 Å². The SMILES string of the molecule is Cc1cc(C)cc(OCC(=O)Nc2ccc(-c3nc4ccccc4s3)c(Cl)c2)c1. The van der Waals surface area contributed by atoms with E-state index in [-0.39, 0.29) is 12.5 Å². The van der Waals surface area contributed by atoms with Crippen LogP contribution in [0.4, 0.5) is 5.69 Å². The first-order valence-electron chi connectivity index (χ1n) is 9.14. The predicted molar refractivity (Wildman–Crippen MR) is 120 cm³/mol. The maximum absolute atomic E-state index is 12.2. The molecule has 0 radical (unpaired) electrons. The lowest BCUT2D eigenvalue weighted by molar-refractivity contribution is -0.118. The third-order valence-corrected chi connectivity index (χ3v) is 5.72. The summed E-state index contributed by atoms with van der Waals surface area (Å²) in [5.74, 6) is 0.440. The van der Waals surface area contributed by atoms with E-state index >= 15 is 0 Å². The first-order chi connectivity index (χ1) is 14.0. The number of carbonyl (C=O) groups is 1. The van der Waals surface area contributed by atoms with Crippen LogP contribution in [0.3, 0.4) is 0 Å². The summed E-state index contributed by atoms with van der Waals surface area (Å²) in [5.41, 5.74) is 4.60. The highest BCUT2D eigenvalue weighted by Crippen LogP contribution is 2.35. The highest BCUT2D eigenvalue weighted by Gasteiger charge is 2.12. The van der Waals surface area contributed by atoms with Crippen molar-refractivity contribution in [2.24, 2.45) is 0 Å². The molecule has 3 aromatic carbocycles. The normalized spacial score (nSPS) is 10.9. The quantitative estimate of drug-likeness (QED) is 0.413. The lowest BCUT2D eigenvalue weighted by atomic mass is 10.1. The molecule has 0 saturated carbocycles. The van der Waals surface area contributed by atoms with E-state index in [0.29, 0.717) is 16.5 Å². The molecule has 4 aromatic rings. The number of nitrogens with zero attached hydrogens (tertiary/aromatic N) is 1. The standard InChI is InChI=1S/C23H19ClN2O2S/c1-14-9-15(2)11-17(10-14)28-13-22(27)25-16-7-8-18(19(24)12-16)23-26-20-5-3-4-6-21(20)29-23/h3-12H,13H2,1-2H3,(H,25,27). The molecule has 1 aromatic heterocycles. The van der Waals surface area contributed by atoms with E-state index in [0.717, 1.165) is 31.9 Å². The van der Waals surface area contributed by atoms with Crippen molar-refractivity contribution < 1.29 is 9.53 Å². The molecule has 29 heavy (non-hydrogen) atoms. The van der Waals surface area contributed by atoms with Crippen molar-refractivity contribution in [1.82, 2.24) is 4.98 Å². The van der Waals surface area contributed by atoms with Crippen molar-refractivity contribution in [2.75, 3.05) is 11.9 Å². The van der Waals surface area contributed by atoms with Crippen LogP contribution >= 0.6 is 22.9 Å². The molecular weight excluding hydrogens is 404 g/mol. The van der Waals surface area contributed by atoms with Gasteiger partial charge in [-0.05, 0) is 67.4 Å². The van der Waals surface area contributed by atoms with Gasteiger partial charge in [0.1, 0.15) is 10.8 Å². The predicted octanol–water partition coefficient (Wildman–Crippen LogP) is 6.25. The van der Waals surface area contributed by atoms with E-state index in [1.54, 1.807) is 17.4 Å². The molecular formula is C23H19ClN2O2S. The minimum atomic E-state index is -0.243. The van der Waals surface area contributed by atoms with Gasteiger partial charge >= 0.3 is 0 Å². The van der Waals surface area contributed by atoms with E-state index in [9.17, 15) is 4.79 Å². The molecule has 0 aliphatic rings. The summed E-state index contributed by atoms with van der Waals surface area (Å²) in [6, 6.07) is 19.3. The summed E-state index contributed by atoms with van der Waals surface area (Å²) in [7, 11) is 0. The summed E-state index contributed by atoms with van der Waals surface area (Å²) in [6.45, 7) is 3.92. The van der Waals surface area contributed by atoms with Gasteiger partial charge < -0.3 is 10.1 Å². The van der Waals surface area contributed by atoms with Crippen molar-refractivity contribution in [3.63, 3.8) is 0 Å². The Morgan fingerprint density at radius 1 is 1.07 bits per heavy atom. The Hall–Kier alpha value is -2.89. The van der Waals surface area contributed by atoms with Gasteiger partial charge in [0.2, 0.25) is 0 Å². The van der Waals surface area contributed by atoms with Gasteiger partial charge in [0.25, 0.3) is 5.91 Å². The van der Waals surface area contributed by atoms with Crippen LogP contribution in [-0.2, 0) is 4.79 Å². The van der Waals surface area contributed by atoms with Crippen molar-refractivity contribution in [3.05, 3.63) is 76.8 Å². The molecule has 0 bridgehead atoms. The minimum absolute atomic E-state index is 0.0693. The fraction of sp³-hybridized carbons (Fsp3) is 0.130. The molecule has 4 nitrogen and oxygen atoms in total. The Kier molecular flexibility index (Phi) is 5.51. The van der Waals surface area contributed by atoms with Crippen molar-refractivity contribution in [2.45, 2.75) is 13.8 Å². The number of anilines is 1. The highest BCUT2D eigenvalue weighted by atomic mass is 35.5. The molecule has 0 saturated heterocycles. The number of nitrogens with one attached hydrogen (secondary N) is 1. The zero-order valence-electron chi connectivity index (χ0n) is 16.0. The van der Waals surface area contributed by atoms with Crippen LogP contribution in [0.25, 0.3) is 20.8 Å². The fourth-order valence-electron chi connectivity index (χ4n) is 3.12. The lowest BCUT2D eigenvalue weighted by Gasteiger charge is -2.10. The van der Waals surface area contributed by atoms with Gasteiger partial charge in [-0.2, -0.15) is 0 Å². The maximum atomic E-state index is 12.2. The highest BCUT2D eigenvalue weighted by molar-refractivity contribution is 7.21. The number of halogens is 1. The van der Waals surface area contributed by atoms with E-state index in [1.165, 1.54) is 0 Å². The lowest BCUT2D eigenvalue weighted by Crippen LogP contribution is -2.20. The van der Waals surface area contributed by atoms with Crippen LogP contribution < -0.4 is 10.1 Å². The van der Waals surface area contributed by atoms with E-state index in [2.05, 4.69) is 16.4 Å². The summed E-state index contributed by atoms with van der Waals surface area (Å²) < 4.78 is 6.72. The zero-order chi connectivity index (χ0) is 20.4. The third-order valence-electron chi connectivity index (χ3n) is 4.34. The van der Waals surface area contributed by atoms with Crippen molar-refractivity contribution in [1.29, 1.82) is 0 Å². The van der Waals surface area contributed by atoms with Gasteiger partial charge in [0, 0.05) is 11.3 Å². The van der Waals surface area contributed by atoms with Crippen molar-refractivity contribution >= 4 is 44.7 Å². The van der Waals surface area contributed by atoms with Crippen LogP contribution in [0.1, 0.15) is 11.1 Å². The first-order valence-corrected chi connectivity index (χ1v) is 10.3. The smallest absolute Gasteiger partial charge is 0.262 e. The Morgan fingerprint density at radius 2 is 1.83 bits per heavy atom. The molecule has 0 aliphatic carbocycles. The Morgan fingerprint density at radius 3 is 2.55 bits per heavy atom. The van der Waals surface area contributed by atoms with E-state index in [4.69, 9.17) is 16.3 Å². The van der Waals surface area contributed by atoms with Crippen LogP contribution in [0.15, 0.2) is 60.7 Å². The molecule has 0 atom stereocenters. The molecule has 1 N–H and O–H groups in total. The Bertz CT molecular complexity index is 1150. The number of aryl methyl sites for hydroxylation is 2. The van der Waals surface area contributed by atoms with Crippen LogP contribution in [0, 0.1) is 13.8 Å². The maximum Gasteiger partial charge on any atom is 0.262 e. The number of rotatable bonds is 5. The summed E-state index contributed by atoms with van der Waals surface area (Å²) in [5, 5.41) is 4.21. The van der Waals surface area contributed by atoms with Gasteiger partial charge in [-0.25, -0.2) is 4.98 Å². The van der Waals surface area contributed by atoms with Gasteiger partial charge in [-0.15, -0.1) is 11.3 Å². The topological polar surface area (TPSA) is 51.2 Å². The molecule has 0 spiro atoms. The largest absolute Gasteiger partial charge is 0.484 e. The summed E-state index contributed by atoms with van der Waals surface area (Å²) in [6.07, 6.45) is 0. The van der Waals surface area contributed by atoms with Crippen LogP contribution in [-0.4, -0.2) is 17.5 Å². The Balaban J connectivity index is 1.44. The van der Waals surface area contributed by atoms with E-state index < -0.39 is 0 Å². The molecule has 0 fully saturated rings. The summed E-state index contributed by atoms with van der Waals surface area (Å²) in [4.78, 5) is 16.9. The number of benzene rings is 3. The number of fused-ring (bicyclic) bond motifs is 1. The molecule has 1 amide bonds. The first kappa shape index (κ1) is 19.4. The number of carbonyl (C=O) groups excluding carboxylic acids is 1. The number of hydrogen-bond acceptors (Lipinski definition) is 4. The molecule has 146 valence electrons. The summed E-state index contributed by atoms with van der Waals surface area (Å²) >= 11 is 8.06. The average molecular weight is 423 g/mol. The second-order valence-electron chi connectivity index (χ2n) is 6.84. The van der Waals surface area contributed by atoms with Gasteiger partial charge in [-0.3, -0.25) is 4.79 Å². The van der Waals surface area contributed by atoms with Crippen LogP contribution in [0.2, 0.25) is 5.02 Å². The van der Waals surface area contributed by atoms with Crippen molar-refractivity contribution in [3.8, 4) is 16.3 Å². The zero-order valence-corrected chi connectivity index (χ0v) is 17.6. The molecule has 4 rings (SSSR count). The molecule has 1 heterocycles.